The van der Waals surface area contributed by atoms with E-state index in [0.29, 0.717) is 17.2 Å². The average Bonchev–Trinajstić information content (AvgIpc) is 2.65. The number of hydrogen-bond donors (Lipinski definition) is 0. The van der Waals surface area contributed by atoms with Gasteiger partial charge in [-0.3, -0.25) is 0 Å². The molecule has 2 aromatic rings. The molecule has 1 aliphatic heterocycles. The molecule has 0 aliphatic carbocycles. The number of rotatable bonds is 6. The van der Waals surface area contributed by atoms with Crippen molar-refractivity contribution >= 4 is 5.97 Å². The lowest BCUT2D eigenvalue weighted by Gasteiger charge is -2.24. The van der Waals surface area contributed by atoms with Crippen molar-refractivity contribution in [1.82, 2.24) is 0 Å². The molecular formula is C18H18O6. The number of esters is 1. The summed E-state index contributed by atoms with van der Waals surface area (Å²) in [6.45, 7) is 0.518. The fraction of sp³-hybridized carbons (Fsp3) is 0.278. The molecule has 1 heterocycles. The van der Waals surface area contributed by atoms with Gasteiger partial charge < -0.3 is 23.7 Å². The van der Waals surface area contributed by atoms with Gasteiger partial charge in [0.25, 0.3) is 0 Å². The summed E-state index contributed by atoms with van der Waals surface area (Å²) in [4.78, 5) is 12.0. The van der Waals surface area contributed by atoms with Crippen molar-refractivity contribution in [1.29, 1.82) is 0 Å². The number of para-hydroxylation sites is 2. The van der Waals surface area contributed by atoms with Gasteiger partial charge in [-0.25, -0.2) is 4.79 Å². The van der Waals surface area contributed by atoms with Gasteiger partial charge in [-0.2, -0.15) is 0 Å². The molecule has 0 aromatic heterocycles. The van der Waals surface area contributed by atoms with Crippen LogP contribution in [-0.4, -0.2) is 39.0 Å². The normalized spacial score (nSPS) is 15.5. The van der Waals surface area contributed by atoms with Crippen molar-refractivity contribution in [2.45, 2.75) is 6.10 Å². The molecular weight excluding hydrogens is 312 g/mol. The van der Waals surface area contributed by atoms with Crippen LogP contribution in [0.4, 0.5) is 0 Å². The van der Waals surface area contributed by atoms with Gasteiger partial charge in [0.05, 0.1) is 7.11 Å². The van der Waals surface area contributed by atoms with E-state index in [-0.39, 0.29) is 19.8 Å². The molecule has 0 fully saturated rings. The zero-order valence-corrected chi connectivity index (χ0v) is 13.3. The fourth-order valence-corrected chi connectivity index (χ4v) is 2.20. The van der Waals surface area contributed by atoms with E-state index in [1.54, 1.807) is 43.5 Å². The maximum absolute atomic E-state index is 12.0. The topological polar surface area (TPSA) is 63.2 Å². The van der Waals surface area contributed by atoms with Crippen LogP contribution in [0, 0.1) is 0 Å². The highest BCUT2D eigenvalue weighted by Gasteiger charge is 2.28. The van der Waals surface area contributed by atoms with Crippen LogP contribution in [-0.2, 0) is 9.53 Å². The maximum Gasteiger partial charge on any atom is 0.351 e. The van der Waals surface area contributed by atoms with Crippen LogP contribution in [0.25, 0.3) is 0 Å². The van der Waals surface area contributed by atoms with E-state index in [2.05, 4.69) is 0 Å². The van der Waals surface area contributed by atoms with Crippen molar-refractivity contribution in [3.05, 3.63) is 48.5 Å². The summed E-state index contributed by atoms with van der Waals surface area (Å²) in [5.41, 5.74) is 0. The molecule has 1 atom stereocenters. The number of methoxy groups -OCH3 is 1. The quantitative estimate of drug-likeness (QED) is 0.599. The summed E-state index contributed by atoms with van der Waals surface area (Å²) in [7, 11) is 1.60. The summed E-state index contributed by atoms with van der Waals surface area (Å²) in [5, 5.41) is 0. The van der Waals surface area contributed by atoms with Crippen LogP contribution in [0.1, 0.15) is 0 Å². The molecule has 2 aromatic carbocycles. The van der Waals surface area contributed by atoms with Crippen LogP contribution in [0.5, 0.6) is 23.0 Å². The van der Waals surface area contributed by atoms with Crippen LogP contribution in [0.15, 0.2) is 48.5 Å². The molecule has 0 amide bonds. The van der Waals surface area contributed by atoms with Crippen molar-refractivity contribution in [2.24, 2.45) is 0 Å². The van der Waals surface area contributed by atoms with Gasteiger partial charge in [0, 0.05) is 0 Å². The van der Waals surface area contributed by atoms with Crippen LogP contribution in [0.2, 0.25) is 0 Å². The molecule has 0 bridgehead atoms. The second-order valence-corrected chi connectivity index (χ2v) is 5.06. The minimum Gasteiger partial charge on any atom is -0.497 e. The summed E-state index contributed by atoms with van der Waals surface area (Å²) in [5.74, 6) is 2.13. The third kappa shape index (κ3) is 3.90. The molecule has 0 unspecified atom stereocenters. The standard InChI is InChI=1S/C18H18O6/c1-20-13-6-8-14(9-7-13)21-10-11-22-18(19)17-12-23-15-4-2-3-5-16(15)24-17/h2-9,17H,10-12H2,1H3/t17-/m0/s1. The highest BCUT2D eigenvalue weighted by atomic mass is 16.6. The third-order valence-corrected chi connectivity index (χ3v) is 3.43. The monoisotopic (exact) mass is 330 g/mol. The highest BCUT2D eigenvalue weighted by molar-refractivity contribution is 5.76. The Morgan fingerprint density at radius 3 is 2.50 bits per heavy atom. The van der Waals surface area contributed by atoms with E-state index in [9.17, 15) is 4.79 Å². The second kappa shape index (κ2) is 7.59. The van der Waals surface area contributed by atoms with Gasteiger partial charge in [-0.1, -0.05) is 12.1 Å². The summed E-state index contributed by atoms with van der Waals surface area (Å²) in [6.07, 6.45) is -0.763. The van der Waals surface area contributed by atoms with E-state index >= 15 is 0 Å². The number of carbonyl (C=O) groups is 1. The molecule has 0 N–H and O–H groups in total. The van der Waals surface area contributed by atoms with E-state index < -0.39 is 12.1 Å². The average molecular weight is 330 g/mol. The van der Waals surface area contributed by atoms with Gasteiger partial charge in [0.2, 0.25) is 6.10 Å². The Kier molecular flexibility index (Phi) is 5.05. The fourth-order valence-electron chi connectivity index (χ4n) is 2.20. The predicted molar refractivity (Wildman–Crippen MR) is 85.8 cm³/mol. The minimum absolute atomic E-state index is 0.131. The Morgan fingerprint density at radius 1 is 1.04 bits per heavy atom. The van der Waals surface area contributed by atoms with Crippen LogP contribution >= 0.6 is 0 Å². The molecule has 24 heavy (non-hydrogen) atoms. The highest BCUT2D eigenvalue weighted by Crippen LogP contribution is 2.31. The lowest BCUT2D eigenvalue weighted by atomic mass is 10.2. The zero-order valence-electron chi connectivity index (χ0n) is 13.3. The first-order valence-corrected chi connectivity index (χ1v) is 7.58. The van der Waals surface area contributed by atoms with Crippen LogP contribution < -0.4 is 18.9 Å². The smallest absolute Gasteiger partial charge is 0.351 e. The van der Waals surface area contributed by atoms with E-state index in [0.717, 1.165) is 5.75 Å². The number of hydrogen-bond acceptors (Lipinski definition) is 6. The molecule has 126 valence electrons. The molecule has 0 saturated heterocycles. The summed E-state index contributed by atoms with van der Waals surface area (Å²) >= 11 is 0. The molecule has 6 heteroatoms. The maximum atomic E-state index is 12.0. The minimum atomic E-state index is -0.763. The molecule has 0 spiro atoms. The summed E-state index contributed by atoms with van der Waals surface area (Å²) < 4.78 is 26.8. The van der Waals surface area contributed by atoms with Crippen molar-refractivity contribution < 1.29 is 28.5 Å². The Bertz CT molecular complexity index is 682. The van der Waals surface area contributed by atoms with Gasteiger partial charge in [0.15, 0.2) is 11.5 Å². The molecule has 1 aliphatic rings. The number of benzene rings is 2. The zero-order chi connectivity index (χ0) is 16.8. The first-order valence-electron chi connectivity index (χ1n) is 7.58. The molecule has 6 nitrogen and oxygen atoms in total. The van der Waals surface area contributed by atoms with Crippen molar-refractivity contribution in [2.75, 3.05) is 26.9 Å². The molecule has 0 radical (unpaired) electrons. The number of carbonyl (C=O) groups excluding carboxylic acids is 1. The second-order valence-electron chi connectivity index (χ2n) is 5.06. The van der Waals surface area contributed by atoms with Crippen LogP contribution in [0.3, 0.4) is 0 Å². The first-order chi connectivity index (χ1) is 11.8. The van der Waals surface area contributed by atoms with Crippen molar-refractivity contribution in [3.63, 3.8) is 0 Å². The van der Waals surface area contributed by atoms with Gasteiger partial charge in [0.1, 0.15) is 31.3 Å². The Morgan fingerprint density at radius 2 is 1.75 bits per heavy atom. The molecule has 0 saturated carbocycles. The third-order valence-electron chi connectivity index (χ3n) is 3.43. The van der Waals surface area contributed by atoms with E-state index in [1.165, 1.54) is 0 Å². The predicted octanol–water partition coefficient (Wildman–Crippen LogP) is 2.46. The number of fused-ring (bicyclic) bond motifs is 1. The first kappa shape index (κ1) is 16.0. The van der Waals surface area contributed by atoms with Gasteiger partial charge >= 0.3 is 5.97 Å². The summed E-state index contributed by atoms with van der Waals surface area (Å²) in [6, 6.07) is 14.4. The van der Waals surface area contributed by atoms with Gasteiger partial charge in [-0.05, 0) is 36.4 Å². The lowest BCUT2D eigenvalue weighted by molar-refractivity contribution is -0.155. The Labute approximate surface area is 139 Å². The Hall–Kier alpha value is -2.89. The molecule has 3 rings (SSSR count). The van der Waals surface area contributed by atoms with Crippen molar-refractivity contribution in [3.8, 4) is 23.0 Å². The number of ether oxygens (including phenoxy) is 5. The van der Waals surface area contributed by atoms with E-state index in [4.69, 9.17) is 23.7 Å². The van der Waals surface area contributed by atoms with E-state index in [1.807, 2.05) is 12.1 Å². The largest absolute Gasteiger partial charge is 0.497 e. The lowest BCUT2D eigenvalue weighted by Crippen LogP contribution is -2.38. The van der Waals surface area contributed by atoms with Gasteiger partial charge in [-0.15, -0.1) is 0 Å². The Balaban J connectivity index is 1.41. The SMILES string of the molecule is COc1ccc(OCCOC(=O)[C@@H]2COc3ccccc3O2)cc1.